The zero-order valence-electron chi connectivity index (χ0n) is 15.9. The molecule has 28 heavy (non-hydrogen) atoms. The molecule has 1 unspecified atom stereocenters. The molecule has 1 saturated heterocycles. The summed E-state index contributed by atoms with van der Waals surface area (Å²) >= 11 is 0. The van der Waals surface area contributed by atoms with E-state index in [1.165, 1.54) is 0 Å². The van der Waals surface area contributed by atoms with Crippen molar-refractivity contribution in [2.45, 2.75) is 43.0 Å². The van der Waals surface area contributed by atoms with Crippen LogP contribution < -0.4 is 0 Å². The molecule has 152 valence electrons. The second-order valence-electron chi connectivity index (χ2n) is 6.77. The Morgan fingerprint density at radius 3 is 2.82 bits per heavy atom. The number of benzene rings is 1. The molecular weight excluding hydrogens is 382 g/mol. The van der Waals surface area contributed by atoms with Crippen LogP contribution in [0.25, 0.3) is 0 Å². The molecule has 1 aromatic heterocycles. The van der Waals surface area contributed by atoms with E-state index in [0.29, 0.717) is 31.3 Å². The minimum Gasteiger partial charge on any atom is -0.384 e. The molecule has 3 rings (SSSR count). The molecule has 0 N–H and O–H groups in total. The zero-order valence-corrected chi connectivity index (χ0v) is 16.7. The Hall–Kier alpha value is -2.26. The van der Waals surface area contributed by atoms with Gasteiger partial charge in [-0.25, -0.2) is 8.42 Å². The molecule has 1 aliphatic rings. The van der Waals surface area contributed by atoms with E-state index in [1.54, 1.807) is 42.3 Å². The standard InChI is InChI=1S/C19H25N3O5S/c1-26-13-10-17-20-19(27-21-17)16-9-5-6-12-22(16)18(23)11-14-28(24,25)15-7-3-2-4-8-15/h2-4,7-8,16H,5-6,9-14H2,1H3. The maximum Gasteiger partial charge on any atom is 0.249 e. The molecular formula is C19H25N3O5S. The van der Waals surface area contributed by atoms with Gasteiger partial charge in [0.05, 0.1) is 17.3 Å². The third-order valence-electron chi connectivity index (χ3n) is 4.81. The van der Waals surface area contributed by atoms with E-state index in [0.717, 1.165) is 19.3 Å². The van der Waals surface area contributed by atoms with Crippen LogP contribution in [0.3, 0.4) is 0 Å². The predicted octanol–water partition coefficient (Wildman–Crippen LogP) is 2.18. The number of hydrogen-bond donors (Lipinski definition) is 0. The number of nitrogens with zero attached hydrogens (tertiary/aromatic N) is 3. The summed E-state index contributed by atoms with van der Waals surface area (Å²) in [6.45, 7) is 1.05. The van der Waals surface area contributed by atoms with Gasteiger partial charge in [0, 0.05) is 26.5 Å². The van der Waals surface area contributed by atoms with E-state index in [1.807, 2.05) is 0 Å². The van der Waals surface area contributed by atoms with E-state index in [9.17, 15) is 13.2 Å². The molecule has 0 saturated carbocycles. The number of hydrogen-bond acceptors (Lipinski definition) is 7. The average Bonchev–Trinajstić information content (AvgIpc) is 3.20. The van der Waals surface area contributed by atoms with Crippen LogP contribution in [0, 0.1) is 0 Å². The summed E-state index contributed by atoms with van der Waals surface area (Å²) in [6, 6.07) is 7.89. The Morgan fingerprint density at radius 1 is 1.29 bits per heavy atom. The summed E-state index contributed by atoms with van der Waals surface area (Å²) in [5, 5.41) is 3.95. The van der Waals surface area contributed by atoms with Gasteiger partial charge < -0.3 is 14.2 Å². The van der Waals surface area contributed by atoms with Crippen molar-refractivity contribution in [3.63, 3.8) is 0 Å². The molecule has 9 heteroatoms. The lowest BCUT2D eigenvalue weighted by Crippen LogP contribution is -2.39. The van der Waals surface area contributed by atoms with Crippen molar-refractivity contribution in [1.29, 1.82) is 0 Å². The van der Waals surface area contributed by atoms with Gasteiger partial charge in [0.25, 0.3) is 0 Å². The van der Waals surface area contributed by atoms with Crippen LogP contribution in [0.15, 0.2) is 39.8 Å². The first-order valence-electron chi connectivity index (χ1n) is 9.40. The maximum atomic E-state index is 12.8. The van der Waals surface area contributed by atoms with Crippen molar-refractivity contribution in [2.75, 3.05) is 26.0 Å². The molecule has 2 aromatic rings. The van der Waals surface area contributed by atoms with Crippen LogP contribution in [0.5, 0.6) is 0 Å². The largest absolute Gasteiger partial charge is 0.384 e. The van der Waals surface area contributed by atoms with Gasteiger partial charge in [-0.3, -0.25) is 4.79 Å². The Labute approximate surface area is 164 Å². The fraction of sp³-hybridized carbons (Fsp3) is 0.526. The lowest BCUT2D eigenvalue weighted by molar-refractivity contribution is -0.135. The van der Waals surface area contributed by atoms with Crippen LogP contribution in [0.4, 0.5) is 0 Å². The summed E-state index contributed by atoms with van der Waals surface area (Å²) in [7, 11) is -1.89. The number of piperidine rings is 1. The number of carbonyl (C=O) groups is 1. The molecule has 1 atom stereocenters. The summed E-state index contributed by atoms with van der Waals surface area (Å²) in [6.07, 6.45) is 3.02. The monoisotopic (exact) mass is 407 g/mol. The number of ether oxygens (including phenoxy) is 1. The molecule has 1 aromatic carbocycles. The van der Waals surface area contributed by atoms with Gasteiger partial charge in [0.2, 0.25) is 11.8 Å². The second-order valence-corrected chi connectivity index (χ2v) is 8.88. The molecule has 1 aliphatic heterocycles. The maximum absolute atomic E-state index is 12.8. The molecule has 0 radical (unpaired) electrons. The zero-order chi connectivity index (χ0) is 20.0. The van der Waals surface area contributed by atoms with Gasteiger partial charge in [-0.15, -0.1) is 0 Å². The van der Waals surface area contributed by atoms with Gasteiger partial charge in [-0.2, -0.15) is 4.98 Å². The highest BCUT2D eigenvalue weighted by atomic mass is 32.2. The molecule has 1 fully saturated rings. The van der Waals surface area contributed by atoms with Gasteiger partial charge in [0.15, 0.2) is 15.7 Å². The summed E-state index contributed by atoms with van der Waals surface area (Å²) < 4.78 is 35.3. The van der Waals surface area contributed by atoms with Gasteiger partial charge in [-0.1, -0.05) is 23.4 Å². The van der Waals surface area contributed by atoms with E-state index in [2.05, 4.69) is 10.1 Å². The highest BCUT2D eigenvalue weighted by molar-refractivity contribution is 7.91. The first kappa shape index (κ1) is 20.5. The topological polar surface area (TPSA) is 103 Å². The SMILES string of the molecule is COCCc1noc(C2CCCCN2C(=O)CCS(=O)(=O)c2ccccc2)n1. The number of carbonyl (C=O) groups excluding carboxylic acids is 1. The van der Waals surface area contributed by atoms with E-state index in [4.69, 9.17) is 9.26 Å². The van der Waals surface area contributed by atoms with E-state index >= 15 is 0 Å². The summed E-state index contributed by atoms with van der Waals surface area (Å²) in [5.41, 5.74) is 0. The normalized spacial score (nSPS) is 17.6. The molecule has 0 bridgehead atoms. The smallest absolute Gasteiger partial charge is 0.249 e. The van der Waals surface area contributed by atoms with Crippen molar-refractivity contribution in [3.05, 3.63) is 42.0 Å². The number of methoxy groups -OCH3 is 1. The van der Waals surface area contributed by atoms with Gasteiger partial charge >= 0.3 is 0 Å². The van der Waals surface area contributed by atoms with Gasteiger partial charge in [-0.05, 0) is 31.4 Å². The minimum absolute atomic E-state index is 0.0710. The molecule has 0 aliphatic carbocycles. The van der Waals surface area contributed by atoms with Crippen LogP contribution in [-0.4, -0.2) is 55.4 Å². The van der Waals surface area contributed by atoms with Crippen molar-refractivity contribution >= 4 is 15.7 Å². The fourth-order valence-electron chi connectivity index (χ4n) is 3.30. The summed E-state index contributed by atoms with van der Waals surface area (Å²) in [5.74, 6) is 0.523. The number of rotatable bonds is 8. The predicted molar refractivity (Wildman–Crippen MR) is 101 cm³/mol. The Morgan fingerprint density at radius 2 is 2.07 bits per heavy atom. The van der Waals surface area contributed by atoms with E-state index < -0.39 is 9.84 Å². The Balaban J connectivity index is 1.66. The lowest BCUT2D eigenvalue weighted by atomic mass is 10.0. The molecule has 0 spiro atoms. The number of amides is 1. The van der Waals surface area contributed by atoms with Crippen LogP contribution >= 0.6 is 0 Å². The van der Waals surface area contributed by atoms with Crippen molar-refractivity contribution in [3.8, 4) is 0 Å². The third-order valence-corrected chi connectivity index (χ3v) is 6.54. The van der Waals surface area contributed by atoms with Crippen LogP contribution in [0.2, 0.25) is 0 Å². The summed E-state index contributed by atoms with van der Waals surface area (Å²) in [4.78, 5) is 19.1. The molecule has 2 heterocycles. The lowest BCUT2D eigenvalue weighted by Gasteiger charge is -2.33. The second kappa shape index (κ2) is 9.29. The fourth-order valence-corrected chi connectivity index (χ4v) is 4.55. The molecule has 8 nitrogen and oxygen atoms in total. The highest BCUT2D eigenvalue weighted by Gasteiger charge is 2.32. The Bertz CT molecular complexity index is 882. The average molecular weight is 407 g/mol. The number of sulfone groups is 1. The van der Waals surface area contributed by atoms with E-state index in [-0.39, 0.29) is 29.0 Å². The van der Waals surface area contributed by atoms with Crippen molar-refractivity contribution in [1.82, 2.24) is 15.0 Å². The van der Waals surface area contributed by atoms with Crippen molar-refractivity contribution in [2.24, 2.45) is 0 Å². The van der Waals surface area contributed by atoms with Gasteiger partial charge in [0.1, 0.15) is 6.04 Å². The first-order chi connectivity index (χ1) is 13.5. The minimum atomic E-state index is -3.50. The van der Waals surface area contributed by atoms with Crippen LogP contribution in [0.1, 0.15) is 43.4 Å². The Kier molecular flexibility index (Phi) is 6.79. The molecule has 1 amide bonds. The number of likely N-dealkylation sites (tertiary alicyclic amines) is 1. The van der Waals surface area contributed by atoms with Crippen LogP contribution in [-0.2, 0) is 25.8 Å². The quantitative estimate of drug-likeness (QED) is 0.661. The third kappa shape index (κ3) is 4.96. The highest BCUT2D eigenvalue weighted by Crippen LogP contribution is 2.30. The van der Waals surface area contributed by atoms with Crippen molar-refractivity contribution < 1.29 is 22.5 Å². The first-order valence-corrected chi connectivity index (χ1v) is 11.0. The number of aromatic nitrogens is 2.